The number of carbonyl (C=O) groups excluding carboxylic acids is 1. The lowest BCUT2D eigenvalue weighted by molar-refractivity contribution is -0.120. The average Bonchev–Trinajstić information content (AvgIpc) is 3.30. The molecule has 0 aliphatic carbocycles. The van der Waals surface area contributed by atoms with E-state index in [9.17, 15) is 9.59 Å². The van der Waals surface area contributed by atoms with Crippen molar-refractivity contribution < 1.29 is 19.4 Å². The SMILES string of the molecule is C/C(=N/NC(=O)Cc1csc(N2CCOCC2)n1)c1ccc(C(=O)O)s1. The van der Waals surface area contributed by atoms with Crippen molar-refractivity contribution in [3.63, 3.8) is 0 Å². The predicted octanol–water partition coefficient (Wildman–Crippen LogP) is 1.82. The zero-order valence-electron chi connectivity index (χ0n) is 14.1. The molecule has 8 nitrogen and oxygen atoms in total. The van der Waals surface area contributed by atoms with Gasteiger partial charge in [-0.05, 0) is 19.1 Å². The van der Waals surface area contributed by atoms with Crippen molar-refractivity contribution in [2.24, 2.45) is 5.10 Å². The van der Waals surface area contributed by atoms with Gasteiger partial charge >= 0.3 is 5.97 Å². The molecule has 1 aliphatic rings. The minimum Gasteiger partial charge on any atom is -0.477 e. The summed E-state index contributed by atoms with van der Waals surface area (Å²) in [7, 11) is 0. The summed E-state index contributed by atoms with van der Waals surface area (Å²) in [5, 5.41) is 15.8. The van der Waals surface area contributed by atoms with E-state index < -0.39 is 5.97 Å². The van der Waals surface area contributed by atoms with E-state index in [-0.39, 0.29) is 17.2 Å². The standard InChI is InChI=1S/C16H18N4O4S2/c1-10(12-2-3-13(26-12)15(22)23)18-19-14(21)8-11-9-25-16(17-11)20-4-6-24-7-5-20/h2-3,9H,4-8H2,1H3,(H,19,21)(H,22,23)/b18-10-. The van der Waals surface area contributed by atoms with Gasteiger partial charge in [0.1, 0.15) is 4.88 Å². The largest absolute Gasteiger partial charge is 0.477 e. The van der Waals surface area contributed by atoms with Crippen LogP contribution in [0.5, 0.6) is 0 Å². The van der Waals surface area contributed by atoms with Gasteiger partial charge in [-0.3, -0.25) is 4.79 Å². The number of hydrazone groups is 1. The van der Waals surface area contributed by atoms with Crippen LogP contribution in [0.15, 0.2) is 22.6 Å². The lowest BCUT2D eigenvalue weighted by Gasteiger charge is -2.26. The van der Waals surface area contributed by atoms with E-state index >= 15 is 0 Å². The van der Waals surface area contributed by atoms with Crippen LogP contribution in [0.2, 0.25) is 0 Å². The van der Waals surface area contributed by atoms with E-state index in [1.165, 1.54) is 17.4 Å². The number of carboxylic acids is 1. The van der Waals surface area contributed by atoms with Crippen molar-refractivity contribution in [2.75, 3.05) is 31.2 Å². The molecule has 3 heterocycles. The second-order valence-electron chi connectivity index (χ2n) is 5.60. The van der Waals surface area contributed by atoms with Crippen molar-refractivity contribution in [1.82, 2.24) is 10.4 Å². The Morgan fingerprint density at radius 3 is 2.77 bits per heavy atom. The quantitative estimate of drug-likeness (QED) is 0.572. The highest BCUT2D eigenvalue weighted by Crippen LogP contribution is 2.21. The molecule has 1 amide bonds. The van der Waals surface area contributed by atoms with Gasteiger partial charge in [0, 0.05) is 18.5 Å². The van der Waals surface area contributed by atoms with Crippen LogP contribution in [0, 0.1) is 0 Å². The predicted molar refractivity (Wildman–Crippen MR) is 100 cm³/mol. The number of morpholine rings is 1. The van der Waals surface area contributed by atoms with E-state index in [0.717, 1.165) is 29.6 Å². The van der Waals surface area contributed by atoms with Crippen molar-refractivity contribution >= 4 is 45.4 Å². The van der Waals surface area contributed by atoms with Gasteiger partial charge in [-0.2, -0.15) is 5.10 Å². The molecular formula is C16H18N4O4S2. The maximum Gasteiger partial charge on any atom is 0.345 e. The molecule has 2 N–H and O–H groups in total. The smallest absolute Gasteiger partial charge is 0.345 e. The van der Waals surface area contributed by atoms with Crippen molar-refractivity contribution in [1.29, 1.82) is 0 Å². The molecule has 10 heteroatoms. The topological polar surface area (TPSA) is 104 Å². The van der Waals surface area contributed by atoms with Crippen LogP contribution < -0.4 is 10.3 Å². The van der Waals surface area contributed by atoms with E-state index in [4.69, 9.17) is 9.84 Å². The molecule has 0 saturated carbocycles. The van der Waals surface area contributed by atoms with E-state index in [1.807, 2.05) is 5.38 Å². The molecule has 26 heavy (non-hydrogen) atoms. The molecule has 0 spiro atoms. The van der Waals surface area contributed by atoms with Crippen LogP contribution >= 0.6 is 22.7 Å². The Hall–Kier alpha value is -2.30. The van der Waals surface area contributed by atoms with Crippen LogP contribution in [0.3, 0.4) is 0 Å². The lowest BCUT2D eigenvalue weighted by atomic mass is 10.3. The summed E-state index contributed by atoms with van der Waals surface area (Å²) in [5.41, 5.74) is 3.75. The van der Waals surface area contributed by atoms with Gasteiger partial charge < -0.3 is 14.7 Å². The van der Waals surface area contributed by atoms with Gasteiger partial charge in [0.05, 0.1) is 35.9 Å². The number of aromatic carboxylic acids is 1. The van der Waals surface area contributed by atoms with E-state index in [0.29, 0.717) is 29.5 Å². The average molecular weight is 394 g/mol. The van der Waals surface area contributed by atoms with Gasteiger partial charge in [-0.15, -0.1) is 22.7 Å². The normalized spacial score (nSPS) is 15.1. The first kappa shape index (κ1) is 18.5. The van der Waals surface area contributed by atoms with Gasteiger partial charge in [-0.1, -0.05) is 0 Å². The number of carbonyl (C=O) groups is 2. The highest BCUT2D eigenvalue weighted by molar-refractivity contribution is 7.16. The first-order valence-electron chi connectivity index (χ1n) is 7.96. The number of thiazole rings is 1. The molecule has 138 valence electrons. The van der Waals surface area contributed by atoms with Crippen molar-refractivity contribution in [3.8, 4) is 0 Å². The molecule has 3 rings (SSSR count). The van der Waals surface area contributed by atoms with E-state index in [2.05, 4.69) is 20.4 Å². The van der Waals surface area contributed by atoms with Crippen LogP contribution in [0.1, 0.15) is 27.2 Å². The summed E-state index contributed by atoms with van der Waals surface area (Å²) in [5.74, 6) is -1.24. The Morgan fingerprint density at radius 1 is 1.35 bits per heavy atom. The number of hydrogen-bond acceptors (Lipinski definition) is 8. The summed E-state index contributed by atoms with van der Waals surface area (Å²) in [6, 6.07) is 3.19. The van der Waals surface area contributed by atoms with Crippen molar-refractivity contribution in [3.05, 3.63) is 33.0 Å². The molecule has 0 unspecified atom stereocenters. The molecule has 2 aromatic heterocycles. The summed E-state index contributed by atoms with van der Waals surface area (Å²) in [6.07, 6.45) is 0.141. The summed E-state index contributed by atoms with van der Waals surface area (Å²) >= 11 is 2.63. The number of ether oxygens (including phenoxy) is 1. The van der Waals surface area contributed by atoms with Crippen LogP contribution in [-0.2, 0) is 16.0 Å². The Kier molecular flexibility index (Phi) is 5.96. The Balaban J connectivity index is 1.55. The third kappa shape index (κ3) is 4.65. The third-order valence-electron chi connectivity index (χ3n) is 3.68. The molecular weight excluding hydrogens is 376 g/mol. The number of thiophene rings is 1. The fourth-order valence-electron chi connectivity index (χ4n) is 2.33. The van der Waals surface area contributed by atoms with E-state index in [1.54, 1.807) is 13.0 Å². The molecule has 1 aliphatic heterocycles. The fourth-order valence-corrected chi connectivity index (χ4v) is 4.00. The first-order chi connectivity index (χ1) is 12.5. The maximum absolute atomic E-state index is 12.1. The zero-order valence-corrected chi connectivity index (χ0v) is 15.7. The highest BCUT2D eigenvalue weighted by Gasteiger charge is 2.16. The minimum atomic E-state index is -0.974. The maximum atomic E-state index is 12.1. The molecule has 0 bridgehead atoms. The highest BCUT2D eigenvalue weighted by atomic mass is 32.1. The Morgan fingerprint density at radius 2 is 2.08 bits per heavy atom. The fraction of sp³-hybridized carbons (Fsp3) is 0.375. The molecule has 1 saturated heterocycles. The number of aromatic nitrogens is 1. The lowest BCUT2D eigenvalue weighted by Crippen LogP contribution is -2.36. The first-order valence-corrected chi connectivity index (χ1v) is 9.66. The number of hydrogen-bond donors (Lipinski definition) is 2. The second-order valence-corrected chi connectivity index (χ2v) is 7.52. The number of anilines is 1. The number of rotatable bonds is 6. The number of carboxylic acid groups (broad SMARTS) is 1. The van der Waals surface area contributed by atoms with Gasteiger partial charge in [-0.25, -0.2) is 15.2 Å². The van der Waals surface area contributed by atoms with Crippen molar-refractivity contribution in [2.45, 2.75) is 13.3 Å². The second kappa shape index (κ2) is 8.39. The Bertz CT molecular complexity index is 824. The zero-order chi connectivity index (χ0) is 18.5. The van der Waals surface area contributed by atoms with Gasteiger partial charge in [0.2, 0.25) is 5.91 Å². The summed E-state index contributed by atoms with van der Waals surface area (Å²) in [4.78, 5) is 30.6. The Labute approximate surface area is 158 Å². The van der Waals surface area contributed by atoms with Gasteiger partial charge in [0.15, 0.2) is 5.13 Å². The molecule has 0 atom stereocenters. The molecule has 1 fully saturated rings. The van der Waals surface area contributed by atoms with Crippen LogP contribution in [-0.4, -0.2) is 54.0 Å². The minimum absolute atomic E-state index is 0.141. The number of amides is 1. The molecule has 2 aromatic rings. The summed E-state index contributed by atoms with van der Waals surface area (Å²) < 4.78 is 5.32. The third-order valence-corrected chi connectivity index (χ3v) is 5.82. The number of nitrogens with one attached hydrogen (secondary N) is 1. The van der Waals surface area contributed by atoms with Crippen LogP contribution in [0.4, 0.5) is 5.13 Å². The molecule has 0 aromatic carbocycles. The van der Waals surface area contributed by atoms with Gasteiger partial charge in [0.25, 0.3) is 0 Å². The number of nitrogens with zero attached hydrogens (tertiary/aromatic N) is 3. The molecule has 0 radical (unpaired) electrons. The summed E-state index contributed by atoms with van der Waals surface area (Å²) in [6.45, 7) is 4.71. The van der Waals surface area contributed by atoms with Crippen LogP contribution in [0.25, 0.3) is 0 Å². The monoisotopic (exact) mass is 394 g/mol.